The molecular formula is C29H32Cl2N6O2. The number of anilines is 2. The number of hydrogen-bond donors (Lipinski definition) is 3. The fraction of sp³-hybridized carbons (Fsp3) is 0.241. The molecule has 0 unspecified atom stereocenters. The molecule has 4 N–H and O–H groups in total. The number of nitrogens with two attached hydrogens (primary N) is 1. The molecule has 2 aromatic carbocycles. The van der Waals surface area contributed by atoms with Crippen LogP contribution < -0.4 is 21.9 Å². The van der Waals surface area contributed by atoms with E-state index in [4.69, 9.17) is 5.73 Å². The first-order valence-electron chi connectivity index (χ1n) is 12.4. The first-order chi connectivity index (χ1) is 18.0. The van der Waals surface area contributed by atoms with E-state index in [2.05, 4.69) is 44.9 Å². The highest BCUT2D eigenvalue weighted by atomic mass is 35.5. The van der Waals surface area contributed by atoms with E-state index in [1.165, 1.54) is 0 Å². The topological polar surface area (TPSA) is 115 Å². The molecule has 0 fully saturated rings. The minimum absolute atomic E-state index is 0. The molecular weight excluding hydrogens is 535 g/mol. The molecule has 1 aliphatic rings. The van der Waals surface area contributed by atoms with Gasteiger partial charge in [0.05, 0.1) is 0 Å². The zero-order chi connectivity index (χ0) is 25.8. The van der Waals surface area contributed by atoms with Crippen molar-refractivity contribution in [2.24, 2.45) is 0 Å². The fourth-order valence-electron chi connectivity index (χ4n) is 4.90. The summed E-state index contributed by atoms with van der Waals surface area (Å²) in [6.45, 7) is 2.68. The van der Waals surface area contributed by atoms with Gasteiger partial charge in [0.25, 0.3) is 5.56 Å². The van der Waals surface area contributed by atoms with Gasteiger partial charge >= 0.3 is 0 Å². The predicted molar refractivity (Wildman–Crippen MR) is 159 cm³/mol. The van der Waals surface area contributed by atoms with Crippen molar-refractivity contribution in [1.29, 1.82) is 0 Å². The van der Waals surface area contributed by atoms with Crippen molar-refractivity contribution in [3.8, 4) is 0 Å². The van der Waals surface area contributed by atoms with Crippen molar-refractivity contribution >= 4 is 42.4 Å². The minimum Gasteiger partial charge on any atom is -0.384 e. The molecule has 1 atom stereocenters. The summed E-state index contributed by atoms with van der Waals surface area (Å²) in [5.74, 6) is 0.537. The minimum atomic E-state index is -0.577. The lowest BCUT2D eigenvalue weighted by Crippen LogP contribution is -2.36. The van der Waals surface area contributed by atoms with Gasteiger partial charge in [0.2, 0.25) is 5.91 Å². The SMILES string of the molecule is Cc1nc(N)ccc1CNC(=O)[C@@H]1CCc2cnc(NCC(c3ccccc3)c3ccccc3)c(=O)n21.Cl.Cl. The third-order valence-corrected chi connectivity index (χ3v) is 6.91. The van der Waals surface area contributed by atoms with Gasteiger partial charge in [-0.25, -0.2) is 9.97 Å². The van der Waals surface area contributed by atoms with Gasteiger partial charge in [0, 0.05) is 36.6 Å². The molecule has 0 saturated carbocycles. The molecule has 0 bridgehead atoms. The maximum absolute atomic E-state index is 13.5. The Bertz CT molecular complexity index is 1420. The lowest BCUT2D eigenvalue weighted by Gasteiger charge is -2.20. The van der Waals surface area contributed by atoms with Gasteiger partial charge in [-0.15, -0.1) is 24.8 Å². The maximum Gasteiger partial charge on any atom is 0.294 e. The smallest absolute Gasteiger partial charge is 0.294 e. The van der Waals surface area contributed by atoms with Crippen LogP contribution in [0.4, 0.5) is 11.6 Å². The highest BCUT2D eigenvalue weighted by Crippen LogP contribution is 2.26. The summed E-state index contributed by atoms with van der Waals surface area (Å²) in [6.07, 6.45) is 2.88. The number of amides is 1. The second-order valence-electron chi connectivity index (χ2n) is 9.28. The first kappa shape index (κ1) is 29.7. The van der Waals surface area contributed by atoms with Crippen LogP contribution in [0.15, 0.2) is 83.8 Å². The van der Waals surface area contributed by atoms with E-state index in [9.17, 15) is 9.59 Å². The molecule has 0 radical (unpaired) electrons. The van der Waals surface area contributed by atoms with E-state index in [-0.39, 0.29) is 48.0 Å². The second kappa shape index (κ2) is 13.3. The fourth-order valence-corrected chi connectivity index (χ4v) is 4.90. The Kier molecular flexibility index (Phi) is 10.1. The summed E-state index contributed by atoms with van der Waals surface area (Å²) in [4.78, 5) is 35.2. The Balaban J connectivity index is 0.00000210. The summed E-state index contributed by atoms with van der Waals surface area (Å²) in [5.41, 5.74) is 10.2. The van der Waals surface area contributed by atoms with Crippen molar-refractivity contribution in [2.75, 3.05) is 17.6 Å². The number of nitrogen functional groups attached to an aromatic ring is 1. The number of aromatic nitrogens is 3. The average molecular weight is 568 g/mol. The summed E-state index contributed by atoms with van der Waals surface area (Å²) < 4.78 is 1.58. The average Bonchev–Trinajstić information content (AvgIpc) is 3.36. The number of nitrogens with one attached hydrogen (secondary N) is 2. The Morgan fingerprint density at radius 2 is 1.67 bits per heavy atom. The largest absolute Gasteiger partial charge is 0.384 e. The molecule has 8 nitrogen and oxygen atoms in total. The Morgan fingerprint density at radius 1 is 1.03 bits per heavy atom. The van der Waals surface area contributed by atoms with Gasteiger partial charge < -0.3 is 16.4 Å². The number of carbonyl (C=O) groups is 1. The number of fused-ring (bicyclic) bond motifs is 1. The summed E-state index contributed by atoms with van der Waals surface area (Å²) in [5, 5.41) is 6.24. The molecule has 5 rings (SSSR count). The lowest BCUT2D eigenvalue weighted by atomic mass is 9.91. The second-order valence-corrected chi connectivity index (χ2v) is 9.28. The molecule has 4 aromatic rings. The predicted octanol–water partition coefficient (Wildman–Crippen LogP) is 4.42. The third-order valence-electron chi connectivity index (χ3n) is 6.91. The van der Waals surface area contributed by atoms with E-state index in [1.807, 2.05) is 49.4 Å². The molecule has 0 aliphatic carbocycles. The Morgan fingerprint density at radius 3 is 2.28 bits per heavy atom. The van der Waals surface area contributed by atoms with Gasteiger partial charge in [0.1, 0.15) is 11.9 Å². The van der Waals surface area contributed by atoms with Gasteiger partial charge in [0.15, 0.2) is 5.82 Å². The van der Waals surface area contributed by atoms with Crippen LogP contribution in [0.2, 0.25) is 0 Å². The van der Waals surface area contributed by atoms with E-state index < -0.39 is 6.04 Å². The molecule has 0 saturated heterocycles. The van der Waals surface area contributed by atoms with Crippen LogP contribution in [0.3, 0.4) is 0 Å². The van der Waals surface area contributed by atoms with Crippen LogP contribution in [0, 0.1) is 6.92 Å². The number of benzene rings is 2. The zero-order valence-corrected chi connectivity index (χ0v) is 23.2. The number of aryl methyl sites for hydroxylation is 2. The maximum atomic E-state index is 13.5. The van der Waals surface area contributed by atoms with E-state index in [0.29, 0.717) is 31.7 Å². The van der Waals surface area contributed by atoms with Crippen LogP contribution in [-0.4, -0.2) is 27.0 Å². The molecule has 204 valence electrons. The molecule has 3 heterocycles. The van der Waals surface area contributed by atoms with E-state index in [1.54, 1.807) is 16.8 Å². The van der Waals surface area contributed by atoms with Crippen LogP contribution in [0.1, 0.15) is 46.5 Å². The Hall–Kier alpha value is -3.88. The van der Waals surface area contributed by atoms with Gasteiger partial charge in [-0.3, -0.25) is 14.2 Å². The van der Waals surface area contributed by atoms with Crippen LogP contribution in [0.5, 0.6) is 0 Å². The van der Waals surface area contributed by atoms with Crippen LogP contribution in [-0.2, 0) is 17.8 Å². The zero-order valence-electron chi connectivity index (χ0n) is 21.5. The molecule has 39 heavy (non-hydrogen) atoms. The van der Waals surface area contributed by atoms with Crippen molar-refractivity contribution in [1.82, 2.24) is 19.9 Å². The van der Waals surface area contributed by atoms with Crippen molar-refractivity contribution in [3.63, 3.8) is 0 Å². The summed E-state index contributed by atoms with van der Waals surface area (Å²) in [6, 6.07) is 23.4. The first-order valence-corrected chi connectivity index (χ1v) is 12.4. The van der Waals surface area contributed by atoms with Crippen molar-refractivity contribution in [2.45, 2.75) is 38.3 Å². The van der Waals surface area contributed by atoms with Gasteiger partial charge in [-0.1, -0.05) is 66.7 Å². The molecule has 10 heteroatoms. The third kappa shape index (κ3) is 6.58. The number of halogens is 2. The van der Waals surface area contributed by atoms with E-state index >= 15 is 0 Å². The number of nitrogens with zero attached hydrogens (tertiary/aromatic N) is 3. The molecule has 0 spiro atoms. The molecule has 2 aromatic heterocycles. The molecule has 1 aliphatic heterocycles. The Labute approximate surface area is 239 Å². The number of rotatable bonds is 8. The van der Waals surface area contributed by atoms with Crippen molar-refractivity contribution < 1.29 is 4.79 Å². The van der Waals surface area contributed by atoms with E-state index in [0.717, 1.165) is 28.1 Å². The highest BCUT2D eigenvalue weighted by molar-refractivity contribution is 5.85. The highest BCUT2D eigenvalue weighted by Gasteiger charge is 2.30. The standard InChI is InChI=1S/C29H30N6O2.2ClH/c1-19-22(12-15-26(30)34-19)16-33-28(36)25-14-13-23-17-31-27(29(37)35(23)25)32-18-24(20-8-4-2-5-9-20)21-10-6-3-7-11-21;;/h2-12,15,17,24-25H,13-14,16,18H2,1H3,(H2,30,34)(H,31,32)(H,33,36);2*1H/t25-;;/m0../s1. The number of pyridine rings is 1. The van der Waals surface area contributed by atoms with Crippen molar-refractivity contribution in [3.05, 3.63) is 117 Å². The monoisotopic (exact) mass is 566 g/mol. The van der Waals surface area contributed by atoms with Crippen LogP contribution >= 0.6 is 24.8 Å². The normalized spacial score (nSPS) is 13.6. The van der Waals surface area contributed by atoms with Gasteiger partial charge in [-0.05, 0) is 42.5 Å². The van der Waals surface area contributed by atoms with Gasteiger partial charge in [-0.2, -0.15) is 0 Å². The quantitative estimate of drug-likeness (QED) is 0.291. The molecule has 1 amide bonds. The lowest BCUT2D eigenvalue weighted by molar-refractivity contribution is -0.124. The number of carbonyl (C=O) groups excluding carboxylic acids is 1. The summed E-state index contributed by atoms with van der Waals surface area (Å²) in [7, 11) is 0. The summed E-state index contributed by atoms with van der Waals surface area (Å²) >= 11 is 0. The van der Waals surface area contributed by atoms with Crippen LogP contribution in [0.25, 0.3) is 0 Å². The number of hydrogen-bond acceptors (Lipinski definition) is 6.